The second-order valence-corrected chi connectivity index (χ2v) is 8.90. The number of ether oxygens (including phenoxy) is 1. The highest BCUT2D eigenvalue weighted by Gasteiger charge is 2.23. The van der Waals surface area contributed by atoms with E-state index < -0.39 is 0 Å². The summed E-state index contributed by atoms with van der Waals surface area (Å²) in [4.78, 5) is 15.4. The zero-order chi connectivity index (χ0) is 21.4. The number of hydrogen-bond acceptors (Lipinski definition) is 6. The van der Waals surface area contributed by atoms with E-state index >= 15 is 0 Å². The zero-order valence-electron chi connectivity index (χ0n) is 17.5. The lowest BCUT2D eigenvalue weighted by Gasteiger charge is -2.37. The Labute approximate surface area is 190 Å². The number of aromatic nitrogens is 2. The van der Waals surface area contributed by atoms with E-state index in [0.717, 1.165) is 64.4 Å². The van der Waals surface area contributed by atoms with Gasteiger partial charge in [-0.15, -0.1) is 11.3 Å². The van der Waals surface area contributed by atoms with Crippen LogP contribution >= 0.6 is 22.9 Å². The van der Waals surface area contributed by atoms with Crippen LogP contribution in [0, 0.1) is 6.92 Å². The van der Waals surface area contributed by atoms with E-state index in [1.54, 1.807) is 18.4 Å². The first-order valence-electron chi connectivity index (χ1n) is 10.3. The fourth-order valence-electron chi connectivity index (χ4n) is 4.09. The van der Waals surface area contributed by atoms with Crippen molar-refractivity contribution in [3.8, 4) is 16.9 Å². The molecule has 1 fully saturated rings. The Kier molecular flexibility index (Phi) is 5.42. The van der Waals surface area contributed by atoms with Gasteiger partial charge >= 0.3 is 0 Å². The van der Waals surface area contributed by atoms with Gasteiger partial charge < -0.3 is 14.5 Å². The van der Waals surface area contributed by atoms with Crippen LogP contribution in [0.15, 0.2) is 53.9 Å². The maximum absolute atomic E-state index is 6.19. The Hall–Kier alpha value is -2.83. The van der Waals surface area contributed by atoms with Crippen LogP contribution in [0.5, 0.6) is 5.75 Å². The molecule has 0 bridgehead atoms. The van der Waals surface area contributed by atoms with Crippen LogP contribution in [0.2, 0.25) is 5.02 Å². The predicted octanol–water partition coefficient (Wildman–Crippen LogP) is 5.66. The smallest absolute Gasteiger partial charge is 0.141 e. The molecule has 0 radical (unpaired) electrons. The predicted molar refractivity (Wildman–Crippen MR) is 130 cm³/mol. The Morgan fingerprint density at radius 2 is 1.71 bits per heavy atom. The molecule has 5 nitrogen and oxygen atoms in total. The van der Waals surface area contributed by atoms with Gasteiger partial charge in [0.1, 0.15) is 22.2 Å². The fourth-order valence-corrected chi connectivity index (χ4v) is 5.26. The van der Waals surface area contributed by atoms with Crippen molar-refractivity contribution in [3.05, 3.63) is 64.8 Å². The molecule has 3 heterocycles. The van der Waals surface area contributed by atoms with Gasteiger partial charge in [-0.25, -0.2) is 9.97 Å². The summed E-state index contributed by atoms with van der Waals surface area (Å²) in [6.07, 6.45) is 0. The minimum atomic E-state index is 0.774. The maximum Gasteiger partial charge on any atom is 0.141 e. The van der Waals surface area contributed by atoms with Crippen molar-refractivity contribution in [2.24, 2.45) is 0 Å². The molecular formula is C24H23ClN4OS. The molecular weight excluding hydrogens is 428 g/mol. The molecule has 0 amide bonds. The SMILES string of the molecule is COc1ccc(-c2csc3nc(C)nc(N4CCN(c5cccc(Cl)c5)CC4)c23)cc1. The maximum atomic E-state index is 6.19. The second-order valence-electron chi connectivity index (χ2n) is 7.61. The minimum absolute atomic E-state index is 0.774. The summed E-state index contributed by atoms with van der Waals surface area (Å²) in [6, 6.07) is 16.3. The van der Waals surface area contributed by atoms with Crippen molar-refractivity contribution in [2.45, 2.75) is 6.92 Å². The van der Waals surface area contributed by atoms with Gasteiger partial charge in [-0.1, -0.05) is 29.8 Å². The number of nitrogens with zero attached hydrogens (tertiary/aromatic N) is 4. The molecule has 158 valence electrons. The summed E-state index contributed by atoms with van der Waals surface area (Å²) in [7, 11) is 1.69. The molecule has 0 aliphatic carbocycles. The van der Waals surface area contributed by atoms with Crippen molar-refractivity contribution in [3.63, 3.8) is 0 Å². The summed E-state index contributed by atoms with van der Waals surface area (Å²) in [6.45, 7) is 5.61. The highest BCUT2D eigenvalue weighted by atomic mass is 35.5. The quantitative estimate of drug-likeness (QED) is 0.401. The van der Waals surface area contributed by atoms with Gasteiger partial charge in [-0.05, 0) is 42.8 Å². The van der Waals surface area contributed by atoms with E-state index in [0.29, 0.717) is 0 Å². The zero-order valence-corrected chi connectivity index (χ0v) is 19.1. The molecule has 0 spiro atoms. The second kappa shape index (κ2) is 8.36. The first kappa shape index (κ1) is 20.1. The van der Waals surface area contributed by atoms with Gasteiger partial charge in [-0.3, -0.25) is 0 Å². The normalized spacial score (nSPS) is 14.3. The number of fused-ring (bicyclic) bond motifs is 1. The summed E-state index contributed by atoms with van der Waals surface area (Å²) in [5, 5.41) is 4.10. The molecule has 5 rings (SSSR count). The van der Waals surface area contributed by atoms with Crippen molar-refractivity contribution in [1.29, 1.82) is 0 Å². The summed E-state index contributed by atoms with van der Waals surface area (Å²) in [5.41, 5.74) is 3.50. The number of anilines is 2. The third-order valence-corrected chi connectivity index (χ3v) is 6.79. The molecule has 2 aromatic carbocycles. The Bertz CT molecular complexity index is 1220. The van der Waals surface area contributed by atoms with E-state index in [2.05, 4.69) is 33.4 Å². The van der Waals surface area contributed by atoms with Crippen molar-refractivity contribution in [1.82, 2.24) is 9.97 Å². The Morgan fingerprint density at radius 1 is 0.968 bits per heavy atom. The summed E-state index contributed by atoms with van der Waals surface area (Å²) >= 11 is 7.87. The van der Waals surface area contributed by atoms with Crippen LogP contribution in [-0.4, -0.2) is 43.3 Å². The molecule has 0 unspecified atom stereocenters. The highest BCUT2D eigenvalue weighted by Crippen LogP contribution is 2.39. The van der Waals surface area contributed by atoms with E-state index in [-0.39, 0.29) is 0 Å². The van der Waals surface area contributed by atoms with Crippen LogP contribution in [0.25, 0.3) is 21.3 Å². The monoisotopic (exact) mass is 450 g/mol. The summed E-state index contributed by atoms with van der Waals surface area (Å²) < 4.78 is 5.32. The fraction of sp³-hybridized carbons (Fsp3) is 0.250. The van der Waals surface area contributed by atoms with Crippen LogP contribution in [0.3, 0.4) is 0 Å². The molecule has 31 heavy (non-hydrogen) atoms. The van der Waals surface area contributed by atoms with Crippen molar-refractivity contribution >= 4 is 44.7 Å². The molecule has 0 N–H and O–H groups in total. The molecule has 7 heteroatoms. The number of thiophene rings is 1. The van der Waals surface area contributed by atoms with Gasteiger partial charge in [-0.2, -0.15) is 0 Å². The number of rotatable bonds is 4. The lowest BCUT2D eigenvalue weighted by atomic mass is 10.1. The van der Waals surface area contributed by atoms with E-state index in [1.807, 2.05) is 37.3 Å². The summed E-state index contributed by atoms with van der Waals surface area (Å²) in [5.74, 6) is 2.69. The third-order valence-electron chi connectivity index (χ3n) is 5.68. The number of aryl methyl sites for hydroxylation is 1. The van der Waals surface area contributed by atoms with Gasteiger partial charge in [0.05, 0.1) is 12.5 Å². The standard InChI is InChI=1S/C24H23ClN4OS/c1-16-26-23(29-12-10-28(11-13-29)19-5-3-4-18(25)14-19)22-21(15-31-24(22)27-16)17-6-8-20(30-2)9-7-17/h3-9,14-15H,10-13H2,1-2H3. The lowest BCUT2D eigenvalue weighted by molar-refractivity contribution is 0.415. The van der Waals surface area contributed by atoms with Gasteiger partial charge in [0.15, 0.2) is 0 Å². The van der Waals surface area contributed by atoms with E-state index in [9.17, 15) is 0 Å². The molecule has 0 atom stereocenters. The number of methoxy groups -OCH3 is 1. The average molecular weight is 451 g/mol. The van der Waals surface area contributed by atoms with Crippen LogP contribution < -0.4 is 14.5 Å². The number of piperazine rings is 1. The van der Waals surface area contributed by atoms with Crippen LogP contribution in [-0.2, 0) is 0 Å². The van der Waals surface area contributed by atoms with Crippen molar-refractivity contribution < 1.29 is 4.74 Å². The molecule has 4 aromatic rings. The number of halogens is 1. The van der Waals surface area contributed by atoms with Gasteiger partial charge in [0, 0.05) is 47.8 Å². The molecule has 0 saturated carbocycles. The van der Waals surface area contributed by atoms with Crippen molar-refractivity contribution in [2.75, 3.05) is 43.1 Å². The van der Waals surface area contributed by atoms with E-state index in [1.165, 1.54) is 11.3 Å². The Morgan fingerprint density at radius 3 is 2.42 bits per heavy atom. The average Bonchev–Trinajstić information content (AvgIpc) is 3.22. The Balaban J connectivity index is 1.47. The van der Waals surface area contributed by atoms with Crippen LogP contribution in [0.1, 0.15) is 5.82 Å². The lowest BCUT2D eigenvalue weighted by Crippen LogP contribution is -2.47. The molecule has 2 aromatic heterocycles. The highest BCUT2D eigenvalue weighted by molar-refractivity contribution is 7.17. The molecule has 1 saturated heterocycles. The largest absolute Gasteiger partial charge is 0.497 e. The third kappa shape index (κ3) is 3.93. The molecule has 1 aliphatic heterocycles. The topological polar surface area (TPSA) is 41.5 Å². The first-order chi connectivity index (χ1) is 15.1. The van der Waals surface area contributed by atoms with Crippen LogP contribution in [0.4, 0.5) is 11.5 Å². The number of benzene rings is 2. The molecule has 1 aliphatic rings. The first-order valence-corrected chi connectivity index (χ1v) is 11.5. The van der Waals surface area contributed by atoms with Gasteiger partial charge in [0.2, 0.25) is 0 Å². The van der Waals surface area contributed by atoms with Gasteiger partial charge in [0.25, 0.3) is 0 Å². The van der Waals surface area contributed by atoms with E-state index in [4.69, 9.17) is 26.3 Å². The number of hydrogen-bond donors (Lipinski definition) is 0. The minimum Gasteiger partial charge on any atom is -0.497 e.